The molecular weight excluding hydrogens is 347 g/mol. The summed E-state index contributed by atoms with van der Waals surface area (Å²) in [5.74, 6) is -1.35. The SMILES string of the molecule is CC(=O)Nc1ccc(NC(=O)c2cc(Cl)ccn2)c(C(F)(F)F)c1. The lowest BCUT2D eigenvalue weighted by atomic mass is 10.1. The highest BCUT2D eigenvalue weighted by molar-refractivity contribution is 6.31. The summed E-state index contributed by atoms with van der Waals surface area (Å²) >= 11 is 5.72. The Morgan fingerprint density at radius 2 is 1.83 bits per heavy atom. The van der Waals surface area contributed by atoms with E-state index < -0.39 is 29.2 Å². The summed E-state index contributed by atoms with van der Waals surface area (Å²) in [4.78, 5) is 26.8. The van der Waals surface area contributed by atoms with Crippen molar-refractivity contribution in [2.45, 2.75) is 13.1 Å². The largest absolute Gasteiger partial charge is 0.418 e. The predicted octanol–water partition coefficient (Wildman–Crippen LogP) is 3.96. The average molecular weight is 358 g/mol. The van der Waals surface area contributed by atoms with Crippen molar-refractivity contribution in [3.63, 3.8) is 0 Å². The van der Waals surface area contributed by atoms with Crippen LogP contribution in [0.4, 0.5) is 24.5 Å². The summed E-state index contributed by atoms with van der Waals surface area (Å²) in [6.07, 6.45) is -3.46. The molecule has 0 saturated carbocycles. The highest BCUT2D eigenvalue weighted by atomic mass is 35.5. The van der Waals surface area contributed by atoms with Crippen LogP contribution in [0, 0.1) is 0 Å². The molecule has 0 aliphatic rings. The molecule has 24 heavy (non-hydrogen) atoms. The summed E-state index contributed by atoms with van der Waals surface area (Å²) in [7, 11) is 0. The van der Waals surface area contributed by atoms with Crippen molar-refractivity contribution in [3.8, 4) is 0 Å². The zero-order chi connectivity index (χ0) is 17.9. The molecule has 0 fully saturated rings. The van der Waals surface area contributed by atoms with Crippen molar-refractivity contribution >= 4 is 34.8 Å². The van der Waals surface area contributed by atoms with Gasteiger partial charge in [-0.1, -0.05) is 11.6 Å². The molecule has 0 saturated heterocycles. The van der Waals surface area contributed by atoms with E-state index in [1.807, 2.05) is 0 Å². The Hall–Kier alpha value is -2.61. The third-order valence-corrected chi connectivity index (χ3v) is 3.08. The van der Waals surface area contributed by atoms with Crippen molar-refractivity contribution in [2.24, 2.45) is 0 Å². The van der Waals surface area contributed by atoms with Crippen LogP contribution in [0.3, 0.4) is 0 Å². The summed E-state index contributed by atoms with van der Waals surface area (Å²) in [6.45, 7) is 1.17. The molecule has 9 heteroatoms. The second-order valence-electron chi connectivity index (χ2n) is 4.75. The minimum Gasteiger partial charge on any atom is -0.326 e. The first kappa shape index (κ1) is 17.7. The highest BCUT2D eigenvalue weighted by Gasteiger charge is 2.34. The maximum absolute atomic E-state index is 13.2. The number of amides is 2. The predicted molar refractivity (Wildman–Crippen MR) is 82.9 cm³/mol. The molecule has 2 aromatic rings. The Morgan fingerprint density at radius 1 is 1.12 bits per heavy atom. The molecule has 2 N–H and O–H groups in total. The highest BCUT2D eigenvalue weighted by Crippen LogP contribution is 2.36. The first-order chi connectivity index (χ1) is 11.2. The Kier molecular flexibility index (Phi) is 5.08. The van der Waals surface area contributed by atoms with Gasteiger partial charge >= 0.3 is 6.18 Å². The van der Waals surface area contributed by atoms with Gasteiger partial charge in [0, 0.05) is 23.8 Å². The van der Waals surface area contributed by atoms with Crippen LogP contribution in [0.2, 0.25) is 5.02 Å². The van der Waals surface area contributed by atoms with E-state index >= 15 is 0 Å². The van der Waals surface area contributed by atoms with Gasteiger partial charge in [-0.15, -0.1) is 0 Å². The second-order valence-corrected chi connectivity index (χ2v) is 5.19. The Balaban J connectivity index is 2.35. The molecule has 0 aliphatic carbocycles. The van der Waals surface area contributed by atoms with Gasteiger partial charge in [-0.05, 0) is 30.3 Å². The molecule has 1 aromatic carbocycles. The molecule has 0 unspecified atom stereocenters. The molecule has 0 radical (unpaired) electrons. The maximum atomic E-state index is 13.2. The van der Waals surface area contributed by atoms with Crippen LogP contribution < -0.4 is 10.6 Å². The molecule has 1 aromatic heterocycles. The number of rotatable bonds is 3. The fourth-order valence-electron chi connectivity index (χ4n) is 1.88. The first-order valence-electron chi connectivity index (χ1n) is 6.58. The molecule has 0 aliphatic heterocycles. The summed E-state index contributed by atoms with van der Waals surface area (Å²) in [5.41, 5.74) is -1.71. The molecule has 2 amide bonds. The lowest BCUT2D eigenvalue weighted by molar-refractivity contribution is -0.137. The van der Waals surface area contributed by atoms with E-state index in [1.165, 1.54) is 31.3 Å². The second kappa shape index (κ2) is 6.88. The average Bonchev–Trinajstić information content (AvgIpc) is 2.47. The van der Waals surface area contributed by atoms with Crippen molar-refractivity contribution in [1.82, 2.24) is 4.98 Å². The lowest BCUT2D eigenvalue weighted by Gasteiger charge is -2.15. The molecular formula is C15H11ClF3N3O2. The van der Waals surface area contributed by atoms with Crippen LogP contribution in [-0.4, -0.2) is 16.8 Å². The standard InChI is InChI=1S/C15H11ClF3N3O2/c1-8(23)21-10-2-3-12(11(7-10)15(17,18)19)22-14(24)13-6-9(16)4-5-20-13/h2-7H,1H3,(H,21,23)(H,22,24). The van der Waals surface area contributed by atoms with E-state index in [4.69, 9.17) is 11.6 Å². The van der Waals surface area contributed by atoms with Crippen LogP contribution in [0.15, 0.2) is 36.5 Å². The number of pyridine rings is 1. The third kappa shape index (κ3) is 4.45. The van der Waals surface area contributed by atoms with Crippen LogP contribution in [0.1, 0.15) is 23.0 Å². The molecule has 1 heterocycles. The molecule has 2 rings (SSSR count). The molecule has 5 nitrogen and oxygen atoms in total. The minimum absolute atomic E-state index is 0.0336. The number of halogens is 4. The zero-order valence-electron chi connectivity index (χ0n) is 12.2. The maximum Gasteiger partial charge on any atom is 0.418 e. The Labute approximate surface area is 139 Å². The van der Waals surface area contributed by atoms with Crippen LogP contribution in [-0.2, 0) is 11.0 Å². The first-order valence-corrected chi connectivity index (χ1v) is 6.96. The number of carbonyl (C=O) groups excluding carboxylic acids is 2. The molecule has 0 spiro atoms. The van der Waals surface area contributed by atoms with Gasteiger partial charge in [0.15, 0.2) is 0 Å². The number of hydrogen-bond acceptors (Lipinski definition) is 3. The molecule has 0 bridgehead atoms. The topological polar surface area (TPSA) is 71.1 Å². The van der Waals surface area contributed by atoms with E-state index in [0.29, 0.717) is 0 Å². The Bertz CT molecular complexity index is 794. The van der Waals surface area contributed by atoms with Gasteiger partial charge in [0.2, 0.25) is 5.91 Å². The number of aromatic nitrogens is 1. The Morgan fingerprint density at radius 3 is 2.42 bits per heavy atom. The van der Waals surface area contributed by atoms with E-state index in [-0.39, 0.29) is 16.4 Å². The third-order valence-electron chi connectivity index (χ3n) is 2.85. The molecule has 126 valence electrons. The van der Waals surface area contributed by atoms with E-state index in [2.05, 4.69) is 15.6 Å². The van der Waals surface area contributed by atoms with Gasteiger partial charge in [0.05, 0.1) is 11.3 Å². The normalized spacial score (nSPS) is 11.0. The van der Waals surface area contributed by atoms with Crippen LogP contribution >= 0.6 is 11.6 Å². The van der Waals surface area contributed by atoms with E-state index in [1.54, 1.807) is 0 Å². The fraction of sp³-hybridized carbons (Fsp3) is 0.133. The number of nitrogens with one attached hydrogen (secondary N) is 2. The minimum atomic E-state index is -4.72. The van der Waals surface area contributed by atoms with Gasteiger partial charge in [0.1, 0.15) is 5.69 Å². The smallest absolute Gasteiger partial charge is 0.326 e. The number of anilines is 2. The number of carbonyl (C=O) groups is 2. The van der Waals surface area contributed by atoms with Crippen molar-refractivity contribution < 1.29 is 22.8 Å². The number of nitrogens with zero attached hydrogens (tertiary/aromatic N) is 1. The number of benzene rings is 1. The lowest BCUT2D eigenvalue weighted by Crippen LogP contribution is -2.18. The van der Waals surface area contributed by atoms with Crippen LogP contribution in [0.25, 0.3) is 0 Å². The van der Waals surface area contributed by atoms with E-state index in [0.717, 1.165) is 12.1 Å². The van der Waals surface area contributed by atoms with Crippen molar-refractivity contribution in [1.29, 1.82) is 0 Å². The van der Waals surface area contributed by atoms with Gasteiger partial charge in [-0.3, -0.25) is 14.6 Å². The summed E-state index contributed by atoms with van der Waals surface area (Å²) < 4.78 is 39.5. The summed E-state index contributed by atoms with van der Waals surface area (Å²) in [5, 5.41) is 4.63. The molecule has 0 atom stereocenters. The van der Waals surface area contributed by atoms with Gasteiger partial charge in [-0.25, -0.2) is 0 Å². The quantitative estimate of drug-likeness (QED) is 0.873. The summed E-state index contributed by atoms with van der Waals surface area (Å²) in [6, 6.07) is 5.70. The fourth-order valence-corrected chi connectivity index (χ4v) is 2.04. The van der Waals surface area contributed by atoms with Crippen molar-refractivity contribution in [2.75, 3.05) is 10.6 Å². The van der Waals surface area contributed by atoms with Gasteiger partial charge < -0.3 is 10.6 Å². The number of alkyl halides is 3. The zero-order valence-corrected chi connectivity index (χ0v) is 13.0. The van der Waals surface area contributed by atoms with Crippen LogP contribution in [0.5, 0.6) is 0 Å². The monoisotopic (exact) mass is 357 g/mol. The van der Waals surface area contributed by atoms with Crippen molar-refractivity contribution in [3.05, 3.63) is 52.8 Å². The van der Waals surface area contributed by atoms with Gasteiger partial charge in [0.25, 0.3) is 5.91 Å². The van der Waals surface area contributed by atoms with Gasteiger partial charge in [-0.2, -0.15) is 13.2 Å². The van der Waals surface area contributed by atoms with E-state index in [9.17, 15) is 22.8 Å². The number of hydrogen-bond donors (Lipinski definition) is 2.